The number of hydrogen-bond acceptors (Lipinski definition) is 4. The number of aromatic amines is 1. The minimum atomic E-state index is -0.353. The highest BCUT2D eigenvalue weighted by Crippen LogP contribution is 2.38. The van der Waals surface area contributed by atoms with Gasteiger partial charge in [-0.05, 0) is 56.2 Å². The average Bonchev–Trinajstić information content (AvgIpc) is 3.13. The van der Waals surface area contributed by atoms with E-state index in [0.29, 0.717) is 28.2 Å². The van der Waals surface area contributed by atoms with Gasteiger partial charge in [-0.15, -0.1) is 0 Å². The molecule has 0 radical (unpaired) electrons. The Morgan fingerprint density at radius 3 is 2.56 bits per heavy atom. The fourth-order valence-corrected chi connectivity index (χ4v) is 3.80. The molecule has 1 amide bonds. The largest absolute Gasteiger partial charge is 0.494 e. The average molecular weight is 356 g/mol. The lowest BCUT2D eigenvalue weighted by molar-refractivity contribution is 0.101. The molecule has 6 nitrogen and oxygen atoms in total. The molecule has 0 fully saturated rings. The number of aromatic hydroxyl groups is 1. The predicted octanol–water partition coefficient (Wildman–Crippen LogP) is 4.06. The number of aryl methyl sites for hydroxylation is 2. The molecule has 0 spiro atoms. The molecule has 2 N–H and O–H groups in total. The number of hydrogen-bond donors (Lipinski definition) is 2. The zero-order valence-corrected chi connectivity index (χ0v) is 15.1. The number of carbonyl (C=O) groups excluding carboxylic acids is 1. The number of nitrogens with one attached hydrogen (secondary N) is 1. The van der Waals surface area contributed by atoms with Gasteiger partial charge in [0.15, 0.2) is 5.88 Å². The molecule has 0 saturated heterocycles. The van der Waals surface area contributed by atoms with Gasteiger partial charge in [-0.2, -0.15) is 0 Å². The number of nitrogens with zero attached hydrogens (tertiary/aromatic N) is 3. The molecule has 0 saturated carbocycles. The number of H-pyrrole nitrogens is 1. The van der Waals surface area contributed by atoms with Crippen molar-refractivity contribution in [3.8, 4) is 17.3 Å². The van der Waals surface area contributed by atoms with Gasteiger partial charge >= 0.3 is 0 Å². The van der Waals surface area contributed by atoms with E-state index < -0.39 is 0 Å². The maximum atomic E-state index is 12.3. The van der Waals surface area contributed by atoms with Crippen LogP contribution in [0.3, 0.4) is 0 Å². The topological polar surface area (TPSA) is 91.2 Å². The first-order valence-corrected chi connectivity index (χ1v) is 8.66. The maximum Gasteiger partial charge on any atom is 0.280 e. The summed E-state index contributed by atoms with van der Waals surface area (Å²) in [5, 5.41) is 12.3. The van der Waals surface area contributed by atoms with Crippen LogP contribution < -0.4 is 0 Å². The van der Waals surface area contributed by atoms with Crippen molar-refractivity contribution in [1.29, 1.82) is 0 Å². The maximum absolute atomic E-state index is 12.3. The highest BCUT2D eigenvalue weighted by molar-refractivity contribution is 6.24. The van der Waals surface area contributed by atoms with Crippen molar-refractivity contribution in [1.82, 2.24) is 15.0 Å². The van der Waals surface area contributed by atoms with Crippen LogP contribution in [0.1, 0.15) is 34.0 Å². The van der Waals surface area contributed by atoms with Crippen molar-refractivity contribution in [3.05, 3.63) is 52.7 Å². The third kappa shape index (κ3) is 2.13. The van der Waals surface area contributed by atoms with E-state index in [1.165, 1.54) is 0 Å². The van der Waals surface area contributed by atoms with Gasteiger partial charge in [-0.3, -0.25) is 9.78 Å². The molecule has 27 heavy (non-hydrogen) atoms. The lowest BCUT2D eigenvalue weighted by Gasteiger charge is -2.09. The predicted molar refractivity (Wildman–Crippen MR) is 105 cm³/mol. The molecule has 4 aromatic rings. The Hall–Kier alpha value is -3.54. The van der Waals surface area contributed by atoms with Gasteiger partial charge in [-0.1, -0.05) is 0 Å². The number of pyridine rings is 2. The van der Waals surface area contributed by atoms with E-state index in [-0.39, 0.29) is 11.8 Å². The van der Waals surface area contributed by atoms with Gasteiger partial charge in [-0.25, -0.2) is 9.98 Å². The van der Waals surface area contributed by atoms with Crippen molar-refractivity contribution in [2.45, 2.75) is 20.8 Å². The molecule has 132 valence electrons. The van der Waals surface area contributed by atoms with Gasteiger partial charge in [0.1, 0.15) is 0 Å². The SMILES string of the molecule is CC1=NC(=O)c2c(-c3nc4ccc5ncc(C)cc5c4cc3C)[nH]c(O)c21. The van der Waals surface area contributed by atoms with Crippen LogP contribution in [0.5, 0.6) is 5.88 Å². The van der Waals surface area contributed by atoms with Crippen LogP contribution in [0.15, 0.2) is 35.5 Å². The molecule has 6 heteroatoms. The summed E-state index contributed by atoms with van der Waals surface area (Å²) in [4.78, 5) is 28.5. The number of amides is 1. The molecular weight excluding hydrogens is 340 g/mol. The summed E-state index contributed by atoms with van der Waals surface area (Å²) < 4.78 is 0. The van der Waals surface area contributed by atoms with Crippen LogP contribution in [0.4, 0.5) is 0 Å². The van der Waals surface area contributed by atoms with E-state index in [1.807, 2.05) is 32.2 Å². The molecule has 1 aliphatic heterocycles. The second-order valence-electron chi connectivity index (χ2n) is 6.97. The second kappa shape index (κ2) is 5.23. The molecule has 4 heterocycles. The lowest BCUT2D eigenvalue weighted by atomic mass is 10.0. The van der Waals surface area contributed by atoms with Gasteiger partial charge < -0.3 is 10.1 Å². The molecule has 1 aromatic carbocycles. The van der Waals surface area contributed by atoms with Gasteiger partial charge in [0, 0.05) is 17.0 Å². The summed E-state index contributed by atoms with van der Waals surface area (Å²) in [5.41, 5.74) is 6.22. The lowest BCUT2D eigenvalue weighted by Crippen LogP contribution is -1.97. The smallest absolute Gasteiger partial charge is 0.280 e. The Kier molecular flexibility index (Phi) is 3.04. The van der Waals surface area contributed by atoms with E-state index in [2.05, 4.69) is 27.1 Å². The number of fused-ring (bicyclic) bond motifs is 4. The van der Waals surface area contributed by atoms with Crippen molar-refractivity contribution >= 4 is 33.4 Å². The standard InChI is InChI=1S/C21H16N4O2/c1-9-6-12-13-7-10(2)18(24-15(13)5-4-14(12)22-8-9)19-17-16(20(26)25-19)11(3)23-21(17)27/h4-8,25-26H,1-3H3. The molecule has 5 rings (SSSR count). The number of benzene rings is 1. The molecule has 3 aromatic heterocycles. The Morgan fingerprint density at radius 1 is 1.00 bits per heavy atom. The van der Waals surface area contributed by atoms with E-state index in [0.717, 1.165) is 32.9 Å². The fraction of sp³-hybridized carbons (Fsp3) is 0.143. The third-order valence-corrected chi connectivity index (χ3v) is 5.05. The highest BCUT2D eigenvalue weighted by Gasteiger charge is 2.31. The fourth-order valence-electron chi connectivity index (χ4n) is 3.80. The van der Waals surface area contributed by atoms with Gasteiger partial charge in [0.2, 0.25) is 0 Å². The number of carbonyl (C=O) groups is 1. The first kappa shape index (κ1) is 15.7. The molecular formula is C21H16N4O2. The van der Waals surface area contributed by atoms with E-state index in [9.17, 15) is 9.90 Å². The zero-order valence-electron chi connectivity index (χ0n) is 15.1. The minimum Gasteiger partial charge on any atom is -0.494 e. The summed E-state index contributed by atoms with van der Waals surface area (Å²) in [5.74, 6) is -0.402. The van der Waals surface area contributed by atoms with E-state index in [1.54, 1.807) is 6.92 Å². The van der Waals surface area contributed by atoms with Crippen molar-refractivity contribution in [2.75, 3.05) is 0 Å². The second-order valence-corrected chi connectivity index (χ2v) is 6.97. The molecule has 0 atom stereocenters. The molecule has 0 aliphatic carbocycles. The van der Waals surface area contributed by atoms with Crippen LogP contribution in [-0.4, -0.2) is 31.7 Å². The van der Waals surface area contributed by atoms with Crippen LogP contribution in [0.25, 0.3) is 33.2 Å². The van der Waals surface area contributed by atoms with Crippen molar-refractivity contribution in [2.24, 2.45) is 4.99 Å². The van der Waals surface area contributed by atoms with E-state index in [4.69, 9.17) is 4.98 Å². The number of aromatic nitrogens is 3. The van der Waals surface area contributed by atoms with Gasteiger partial charge in [0.05, 0.1) is 39.3 Å². The summed E-state index contributed by atoms with van der Waals surface area (Å²) in [6.07, 6.45) is 1.85. The Balaban J connectivity index is 1.81. The zero-order chi connectivity index (χ0) is 18.9. The highest BCUT2D eigenvalue weighted by atomic mass is 16.3. The Morgan fingerprint density at radius 2 is 1.74 bits per heavy atom. The number of aliphatic imine (C=N–C) groups is 1. The Labute approximate surface area is 154 Å². The van der Waals surface area contributed by atoms with Crippen molar-refractivity contribution < 1.29 is 9.90 Å². The van der Waals surface area contributed by atoms with Crippen LogP contribution in [0.2, 0.25) is 0 Å². The Bertz CT molecular complexity index is 1330. The number of rotatable bonds is 1. The first-order valence-electron chi connectivity index (χ1n) is 8.66. The van der Waals surface area contributed by atoms with Crippen LogP contribution >= 0.6 is 0 Å². The van der Waals surface area contributed by atoms with Crippen molar-refractivity contribution in [3.63, 3.8) is 0 Å². The molecule has 0 unspecified atom stereocenters. The molecule has 1 aliphatic rings. The summed E-state index contributed by atoms with van der Waals surface area (Å²) in [7, 11) is 0. The van der Waals surface area contributed by atoms with Crippen LogP contribution in [-0.2, 0) is 0 Å². The normalized spacial score (nSPS) is 13.4. The quantitative estimate of drug-likeness (QED) is 0.503. The minimum absolute atomic E-state index is 0.0493. The van der Waals surface area contributed by atoms with Gasteiger partial charge in [0.25, 0.3) is 5.91 Å². The third-order valence-electron chi connectivity index (χ3n) is 5.05. The molecule has 0 bridgehead atoms. The summed E-state index contributed by atoms with van der Waals surface area (Å²) in [6, 6.07) is 8.02. The monoisotopic (exact) mass is 356 g/mol. The summed E-state index contributed by atoms with van der Waals surface area (Å²) in [6.45, 7) is 5.67. The first-order chi connectivity index (χ1) is 12.9. The van der Waals surface area contributed by atoms with Crippen LogP contribution in [0, 0.1) is 13.8 Å². The summed E-state index contributed by atoms with van der Waals surface area (Å²) >= 11 is 0. The van der Waals surface area contributed by atoms with E-state index >= 15 is 0 Å².